The zero-order valence-corrected chi connectivity index (χ0v) is 17.5. The molecule has 4 fully saturated rings. The summed E-state index contributed by atoms with van der Waals surface area (Å²) >= 11 is 5.64. The fourth-order valence-corrected chi connectivity index (χ4v) is 5.24. The molecule has 0 unspecified atom stereocenters. The summed E-state index contributed by atoms with van der Waals surface area (Å²) in [6.45, 7) is -0.187. The fourth-order valence-electron chi connectivity index (χ4n) is 5.13. The second-order valence-corrected chi connectivity index (χ2v) is 9.58. The number of ketones is 1. The van der Waals surface area contributed by atoms with E-state index in [4.69, 9.17) is 16.3 Å². The van der Waals surface area contributed by atoms with Crippen LogP contribution in [0.4, 0.5) is 4.39 Å². The van der Waals surface area contributed by atoms with Crippen LogP contribution in [-0.4, -0.2) is 33.6 Å². The van der Waals surface area contributed by atoms with Gasteiger partial charge in [0.15, 0.2) is 12.4 Å². The molecular formula is C22H23ClFN3O3. The Kier molecular flexibility index (Phi) is 4.43. The maximum absolute atomic E-state index is 13.4. The van der Waals surface area contributed by atoms with Crippen LogP contribution in [-0.2, 0) is 11.8 Å². The molecule has 158 valence electrons. The number of nitrogens with one attached hydrogen (secondary N) is 1. The number of nitrogens with zero attached hydrogens (tertiary/aromatic N) is 2. The second kappa shape index (κ2) is 6.80. The van der Waals surface area contributed by atoms with Crippen LogP contribution in [0.25, 0.3) is 0 Å². The van der Waals surface area contributed by atoms with Gasteiger partial charge < -0.3 is 10.1 Å². The zero-order valence-electron chi connectivity index (χ0n) is 16.7. The molecule has 4 saturated carbocycles. The Hall–Kier alpha value is -2.41. The SMILES string of the molecule is Cn1nc(C2CC2)cc1C(=O)CC12CC(NC(=O)COc3ccc(Cl)c(F)c3)(C1)C2. The molecule has 2 bridgehead atoms. The first-order valence-corrected chi connectivity index (χ1v) is 10.6. The number of aromatic nitrogens is 2. The van der Waals surface area contributed by atoms with Gasteiger partial charge in [-0.2, -0.15) is 5.10 Å². The molecule has 2 aromatic rings. The molecule has 1 N–H and O–H groups in total. The molecule has 1 heterocycles. The van der Waals surface area contributed by atoms with Gasteiger partial charge in [-0.05, 0) is 55.7 Å². The molecule has 8 heteroatoms. The minimum atomic E-state index is -0.585. The lowest BCUT2D eigenvalue weighted by molar-refractivity contribution is -0.164. The van der Waals surface area contributed by atoms with Gasteiger partial charge in [-0.3, -0.25) is 14.3 Å². The van der Waals surface area contributed by atoms with Gasteiger partial charge in [0, 0.05) is 31.0 Å². The molecule has 4 aliphatic carbocycles. The van der Waals surface area contributed by atoms with Crippen molar-refractivity contribution in [1.82, 2.24) is 15.1 Å². The number of carbonyl (C=O) groups excluding carboxylic acids is 2. The molecule has 1 aromatic heterocycles. The van der Waals surface area contributed by atoms with E-state index in [9.17, 15) is 14.0 Å². The number of aryl methyl sites for hydroxylation is 1. The van der Waals surface area contributed by atoms with Crippen LogP contribution in [0, 0.1) is 11.2 Å². The number of hydrogen-bond donors (Lipinski definition) is 1. The Balaban J connectivity index is 1.10. The van der Waals surface area contributed by atoms with Gasteiger partial charge in [-0.1, -0.05) is 11.6 Å². The smallest absolute Gasteiger partial charge is 0.258 e. The molecule has 6 rings (SSSR count). The van der Waals surface area contributed by atoms with Crippen LogP contribution >= 0.6 is 11.6 Å². The number of hydrogen-bond acceptors (Lipinski definition) is 4. The van der Waals surface area contributed by atoms with E-state index in [0.29, 0.717) is 18.0 Å². The topological polar surface area (TPSA) is 73.2 Å². The van der Waals surface area contributed by atoms with Gasteiger partial charge in [0.25, 0.3) is 5.91 Å². The number of benzene rings is 1. The molecule has 4 aliphatic rings. The van der Waals surface area contributed by atoms with E-state index in [2.05, 4.69) is 10.4 Å². The first-order valence-electron chi connectivity index (χ1n) is 10.2. The Bertz CT molecular complexity index is 1030. The minimum Gasteiger partial charge on any atom is -0.484 e. The van der Waals surface area contributed by atoms with Crippen molar-refractivity contribution in [3.05, 3.63) is 46.5 Å². The quantitative estimate of drug-likeness (QED) is 0.645. The molecule has 0 saturated heterocycles. The zero-order chi connectivity index (χ0) is 21.1. The van der Waals surface area contributed by atoms with Crippen LogP contribution < -0.4 is 10.1 Å². The Morgan fingerprint density at radius 2 is 2.03 bits per heavy atom. The predicted molar refractivity (Wildman–Crippen MR) is 108 cm³/mol. The van der Waals surface area contributed by atoms with Crippen molar-refractivity contribution < 1.29 is 18.7 Å². The molecular weight excluding hydrogens is 409 g/mol. The number of halogens is 2. The van der Waals surface area contributed by atoms with Crippen LogP contribution in [0.5, 0.6) is 5.75 Å². The van der Waals surface area contributed by atoms with E-state index >= 15 is 0 Å². The van der Waals surface area contributed by atoms with Crippen molar-refractivity contribution >= 4 is 23.3 Å². The van der Waals surface area contributed by atoms with Crippen LogP contribution in [0.15, 0.2) is 24.3 Å². The maximum Gasteiger partial charge on any atom is 0.258 e. The van der Waals surface area contributed by atoms with Gasteiger partial charge in [0.2, 0.25) is 0 Å². The molecule has 30 heavy (non-hydrogen) atoms. The Morgan fingerprint density at radius 3 is 2.70 bits per heavy atom. The highest BCUT2D eigenvalue weighted by molar-refractivity contribution is 6.30. The van der Waals surface area contributed by atoms with E-state index in [1.807, 2.05) is 13.1 Å². The van der Waals surface area contributed by atoms with Crippen molar-refractivity contribution in [1.29, 1.82) is 0 Å². The summed E-state index contributed by atoms with van der Waals surface area (Å²) in [7, 11) is 1.83. The van der Waals surface area contributed by atoms with Crippen molar-refractivity contribution in [2.45, 2.75) is 50.0 Å². The number of amides is 1. The second-order valence-electron chi connectivity index (χ2n) is 9.18. The van der Waals surface area contributed by atoms with Gasteiger partial charge in [0.1, 0.15) is 17.3 Å². The molecule has 1 aromatic carbocycles. The van der Waals surface area contributed by atoms with E-state index in [1.54, 1.807) is 4.68 Å². The standard InChI is InChI=1S/C22H23ClFN3O3/c1-27-18(7-17(26-27)13-2-3-13)19(28)8-21-10-22(11-21,12-21)25-20(29)9-30-14-4-5-15(23)16(24)6-14/h4-7,13H,2-3,8-12H2,1H3,(H,25,29). The van der Waals surface area contributed by atoms with Crippen LogP contribution in [0.2, 0.25) is 5.02 Å². The third-order valence-electron chi connectivity index (χ3n) is 6.52. The van der Waals surface area contributed by atoms with Gasteiger partial charge in [0.05, 0.1) is 10.7 Å². The van der Waals surface area contributed by atoms with E-state index in [0.717, 1.165) is 43.9 Å². The normalized spacial score (nSPS) is 26.5. The molecule has 0 aliphatic heterocycles. The largest absolute Gasteiger partial charge is 0.484 e. The highest BCUT2D eigenvalue weighted by atomic mass is 35.5. The van der Waals surface area contributed by atoms with Crippen molar-refractivity contribution in [3.63, 3.8) is 0 Å². The molecule has 0 spiro atoms. The third kappa shape index (κ3) is 3.49. The summed E-state index contributed by atoms with van der Waals surface area (Å²) in [5.41, 5.74) is 1.48. The summed E-state index contributed by atoms with van der Waals surface area (Å²) in [5.74, 6) is 0.0832. The third-order valence-corrected chi connectivity index (χ3v) is 6.83. The highest BCUT2D eigenvalue weighted by Gasteiger charge is 2.68. The number of Topliss-reactive ketones (excluding diaryl/α,β-unsaturated/α-hetero) is 1. The Labute approximate surface area is 178 Å². The molecule has 6 nitrogen and oxygen atoms in total. The lowest BCUT2D eigenvalue weighted by Crippen LogP contribution is -2.75. The number of ether oxygens (including phenoxy) is 1. The molecule has 0 radical (unpaired) electrons. The van der Waals surface area contributed by atoms with Crippen molar-refractivity contribution in [2.24, 2.45) is 12.5 Å². The van der Waals surface area contributed by atoms with Crippen LogP contribution in [0.1, 0.15) is 60.6 Å². The summed E-state index contributed by atoms with van der Waals surface area (Å²) in [6.07, 6.45) is 5.23. The molecule has 0 atom stereocenters. The van der Waals surface area contributed by atoms with Gasteiger partial charge >= 0.3 is 0 Å². The minimum absolute atomic E-state index is 0.00541. The van der Waals surface area contributed by atoms with E-state index in [1.165, 1.54) is 12.1 Å². The summed E-state index contributed by atoms with van der Waals surface area (Å²) in [5, 5.41) is 7.51. The van der Waals surface area contributed by atoms with E-state index < -0.39 is 5.82 Å². The lowest BCUT2D eigenvalue weighted by Gasteiger charge is -2.70. The maximum atomic E-state index is 13.4. The van der Waals surface area contributed by atoms with Crippen molar-refractivity contribution in [2.75, 3.05) is 6.61 Å². The van der Waals surface area contributed by atoms with Gasteiger partial charge in [-0.25, -0.2) is 4.39 Å². The van der Waals surface area contributed by atoms with Crippen molar-refractivity contribution in [3.8, 4) is 5.75 Å². The monoisotopic (exact) mass is 431 g/mol. The predicted octanol–water partition coefficient (Wildman–Crippen LogP) is 3.78. The lowest BCUT2D eigenvalue weighted by atomic mass is 9.38. The summed E-state index contributed by atoms with van der Waals surface area (Å²) in [6, 6.07) is 6.01. The number of rotatable bonds is 8. The summed E-state index contributed by atoms with van der Waals surface area (Å²) < 4.78 is 20.5. The van der Waals surface area contributed by atoms with Crippen LogP contribution in [0.3, 0.4) is 0 Å². The fraction of sp³-hybridized carbons (Fsp3) is 0.500. The van der Waals surface area contributed by atoms with E-state index in [-0.39, 0.29) is 40.0 Å². The average molecular weight is 432 g/mol. The average Bonchev–Trinajstić information content (AvgIpc) is 3.42. The summed E-state index contributed by atoms with van der Waals surface area (Å²) in [4.78, 5) is 25.0. The first kappa shape index (κ1) is 19.5. The number of carbonyl (C=O) groups is 2. The highest BCUT2D eigenvalue weighted by Crippen LogP contribution is 2.69. The van der Waals surface area contributed by atoms with Gasteiger partial charge in [-0.15, -0.1) is 0 Å². The molecule has 1 amide bonds. The Morgan fingerprint density at radius 1 is 1.30 bits per heavy atom. The first-order chi connectivity index (χ1) is 14.3.